The molecule has 1 aromatic heterocycles. The number of fused-ring (bicyclic) bond motifs is 1. The van der Waals surface area contributed by atoms with Crippen LogP contribution in [0.3, 0.4) is 0 Å². The van der Waals surface area contributed by atoms with Crippen molar-refractivity contribution in [1.82, 2.24) is 10.2 Å². The Labute approximate surface area is 146 Å². The van der Waals surface area contributed by atoms with Gasteiger partial charge in [0.15, 0.2) is 6.10 Å². The first-order valence-electron chi connectivity index (χ1n) is 8.61. The molecule has 6 heteroatoms. The van der Waals surface area contributed by atoms with Crippen molar-refractivity contribution in [2.24, 2.45) is 0 Å². The molecule has 1 unspecified atom stereocenters. The molecule has 2 aromatic carbocycles. The zero-order chi connectivity index (χ0) is 17.1. The van der Waals surface area contributed by atoms with Gasteiger partial charge in [-0.25, -0.2) is 0 Å². The van der Waals surface area contributed by atoms with Crippen LogP contribution in [-0.4, -0.2) is 29.5 Å². The van der Waals surface area contributed by atoms with Gasteiger partial charge in [-0.1, -0.05) is 35.4 Å². The van der Waals surface area contributed by atoms with Gasteiger partial charge in [0.05, 0.1) is 12.6 Å². The zero-order valence-electron chi connectivity index (χ0n) is 14.1. The highest BCUT2D eigenvalue weighted by Crippen LogP contribution is 2.26. The Morgan fingerprint density at radius 2 is 2.04 bits per heavy atom. The summed E-state index contributed by atoms with van der Waals surface area (Å²) in [6, 6.07) is 14.8. The molecule has 130 valence electrons. The lowest BCUT2D eigenvalue weighted by Crippen LogP contribution is -2.30. The molecule has 0 amide bonds. The third-order valence-corrected chi connectivity index (χ3v) is 4.31. The van der Waals surface area contributed by atoms with Gasteiger partial charge in [-0.05, 0) is 42.7 Å². The lowest BCUT2D eigenvalue weighted by molar-refractivity contribution is 0.0867. The SMILES string of the molecule is CC(Oc1ccc2ccccc2c1)c1nnc(N[C@@H]2CCCOC2)o1. The standard InChI is InChI=1S/C19H21N3O3/c1-13(24-17-9-8-14-5-2-3-6-15(14)11-17)18-21-22-19(25-18)20-16-7-4-10-23-12-16/h2-3,5-6,8-9,11,13,16H,4,7,10,12H2,1H3,(H,20,22)/t13?,16-/m1/s1. The van der Waals surface area contributed by atoms with Crippen molar-refractivity contribution < 1.29 is 13.9 Å². The second kappa shape index (κ2) is 7.11. The molecule has 2 heterocycles. The average Bonchev–Trinajstić information content (AvgIpc) is 3.11. The average molecular weight is 339 g/mol. The van der Waals surface area contributed by atoms with Crippen LogP contribution < -0.4 is 10.1 Å². The maximum Gasteiger partial charge on any atom is 0.315 e. The van der Waals surface area contributed by atoms with E-state index < -0.39 is 0 Å². The van der Waals surface area contributed by atoms with Crippen LogP contribution in [0.2, 0.25) is 0 Å². The van der Waals surface area contributed by atoms with E-state index in [1.165, 1.54) is 5.39 Å². The molecule has 25 heavy (non-hydrogen) atoms. The van der Waals surface area contributed by atoms with Crippen molar-refractivity contribution in [3.63, 3.8) is 0 Å². The van der Waals surface area contributed by atoms with E-state index in [4.69, 9.17) is 13.9 Å². The number of nitrogens with zero attached hydrogens (tertiary/aromatic N) is 2. The number of rotatable bonds is 5. The van der Waals surface area contributed by atoms with E-state index in [1.54, 1.807) is 0 Å². The van der Waals surface area contributed by atoms with Crippen molar-refractivity contribution in [2.45, 2.75) is 31.9 Å². The summed E-state index contributed by atoms with van der Waals surface area (Å²) < 4.78 is 17.1. The van der Waals surface area contributed by atoms with E-state index in [-0.39, 0.29) is 12.1 Å². The Morgan fingerprint density at radius 1 is 1.16 bits per heavy atom. The van der Waals surface area contributed by atoms with Crippen molar-refractivity contribution >= 4 is 16.8 Å². The van der Waals surface area contributed by atoms with Gasteiger partial charge < -0.3 is 19.2 Å². The van der Waals surface area contributed by atoms with Crippen LogP contribution in [-0.2, 0) is 4.74 Å². The number of hydrogen-bond acceptors (Lipinski definition) is 6. The summed E-state index contributed by atoms with van der Waals surface area (Å²) in [5.41, 5.74) is 0. The third kappa shape index (κ3) is 3.74. The topological polar surface area (TPSA) is 69.4 Å². The fourth-order valence-corrected chi connectivity index (χ4v) is 2.98. The summed E-state index contributed by atoms with van der Waals surface area (Å²) in [6.07, 6.45) is 1.76. The summed E-state index contributed by atoms with van der Waals surface area (Å²) >= 11 is 0. The number of nitrogens with one attached hydrogen (secondary N) is 1. The molecule has 0 saturated carbocycles. The molecule has 0 bridgehead atoms. The van der Waals surface area contributed by atoms with Crippen LogP contribution in [0.15, 0.2) is 46.9 Å². The molecule has 0 radical (unpaired) electrons. The molecule has 0 spiro atoms. The first kappa shape index (κ1) is 15.9. The second-order valence-corrected chi connectivity index (χ2v) is 6.27. The van der Waals surface area contributed by atoms with Crippen molar-refractivity contribution in [2.75, 3.05) is 18.5 Å². The number of hydrogen-bond donors (Lipinski definition) is 1. The van der Waals surface area contributed by atoms with E-state index in [1.807, 2.05) is 37.3 Å². The minimum atomic E-state index is -0.327. The number of benzene rings is 2. The Hall–Kier alpha value is -2.60. The summed E-state index contributed by atoms with van der Waals surface area (Å²) in [5.74, 6) is 1.23. The lowest BCUT2D eigenvalue weighted by Gasteiger charge is -2.21. The molecule has 1 fully saturated rings. The van der Waals surface area contributed by atoms with Crippen LogP contribution in [0.25, 0.3) is 10.8 Å². The smallest absolute Gasteiger partial charge is 0.315 e. The summed E-state index contributed by atoms with van der Waals surface area (Å²) in [6.45, 7) is 3.39. The number of aromatic nitrogens is 2. The van der Waals surface area contributed by atoms with E-state index in [0.717, 1.165) is 30.6 Å². The van der Waals surface area contributed by atoms with Crippen LogP contribution in [0.1, 0.15) is 31.8 Å². The molecule has 0 aliphatic carbocycles. The van der Waals surface area contributed by atoms with E-state index >= 15 is 0 Å². The number of anilines is 1. The molecule has 2 atom stereocenters. The largest absolute Gasteiger partial charge is 0.481 e. The Kier molecular flexibility index (Phi) is 4.52. The lowest BCUT2D eigenvalue weighted by atomic mass is 10.1. The van der Waals surface area contributed by atoms with Gasteiger partial charge in [-0.2, -0.15) is 0 Å². The molecule has 1 aliphatic heterocycles. The van der Waals surface area contributed by atoms with Gasteiger partial charge in [0, 0.05) is 6.61 Å². The molecular formula is C19H21N3O3. The van der Waals surface area contributed by atoms with Crippen molar-refractivity contribution in [3.8, 4) is 5.75 Å². The number of ether oxygens (including phenoxy) is 2. The van der Waals surface area contributed by atoms with Crippen LogP contribution in [0, 0.1) is 0 Å². The Bertz CT molecular complexity index is 843. The highest BCUT2D eigenvalue weighted by molar-refractivity contribution is 5.83. The van der Waals surface area contributed by atoms with Crippen LogP contribution in [0.5, 0.6) is 5.75 Å². The van der Waals surface area contributed by atoms with Crippen molar-refractivity contribution in [1.29, 1.82) is 0 Å². The second-order valence-electron chi connectivity index (χ2n) is 6.27. The van der Waals surface area contributed by atoms with Gasteiger partial charge in [0.25, 0.3) is 5.89 Å². The monoisotopic (exact) mass is 339 g/mol. The van der Waals surface area contributed by atoms with E-state index in [9.17, 15) is 0 Å². The highest BCUT2D eigenvalue weighted by Gasteiger charge is 2.19. The van der Waals surface area contributed by atoms with Gasteiger partial charge in [0.2, 0.25) is 0 Å². The molecule has 6 nitrogen and oxygen atoms in total. The molecule has 1 saturated heterocycles. The van der Waals surface area contributed by atoms with E-state index in [0.29, 0.717) is 18.5 Å². The van der Waals surface area contributed by atoms with E-state index in [2.05, 4.69) is 27.6 Å². The van der Waals surface area contributed by atoms with Gasteiger partial charge in [-0.3, -0.25) is 0 Å². The quantitative estimate of drug-likeness (QED) is 0.759. The van der Waals surface area contributed by atoms with Gasteiger partial charge in [0.1, 0.15) is 5.75 Å². The summed E-state index contributed by atoms with van der Waals surface area (Å²) in [5, 5.41) is 13.7. The minimum Gasteiger partial charge on any atom is -0.481 e. The first-order chi connectivity index (χ1) is 12.3. The minimum absolute atomic E-state index is 0.221. The van der Waals surface area contributed by atoms with Crippen molar-refractivity contribution in [3.05, 3.63) is 48.4 Å². The summed E-state index contributed by atoms with van der Waals surface area (Å²) in [4.78, 5) is 0. The predicted octanol–water partition coefficient (Wildman–Crippen LogP) is 3.95. The fraction of sp³-hybridized carbons (Fsp3) is 0.368. The normalized spacial score (nSPS) is 18.8. The molecule has 1 aliphatic rings. The highest BCUT2D eigenvalue weighted by atomic mass is 16.5. The molecule has 1 N–H and O–H groups in total. The van der Waals surface area contributed by atoms with Crippen LogP contribution >= 0.6 is 0 Å². The Balaban J connectivity index is 1.42. The molecular weight excluding hydrogens is 318 g/mol. The predicted molar refractivity (Wildman–Crippen MR) is 94.8 cm³/mol. The fourth-order valence-electron chi connectivity index (χ4n) is 2.98. The first-order valence-corrected chi connectivity index (χ1v) is 8.61. The molecule has 3 aromatic rings. The Morgan fingerprint density at radius 3 is 2.88 bits per heavy atom. The van der Waals surface area contributed by atoms with Gasteiger partial charge in [-0.15, -0.1) is 5.10 Å². The summed E-state index contributed by atoms with van der Waals surface area (Å²) in [7, 11) is 0. The maximum atomic E-state index is 5.96. The van der Waals surface area contributed by atoms with Crippen LogP contribution in [0.4, 0.5) is 6.01 Å². The third-order valence-electron chi connectivity index (χ3n) is 4.31. The zero-order valence-corrected chi connectivity index (χ0v) is 14.1. The maximum absolute atomic E-state index is 5.96. The van der Waals surface area contributed by atoms with Gasteiger partial charge >= 0.3 is 6.01 Å². The molecule has 4 rings (SSSR count).